The van der Waals surface area contributed by atoms with E-state index in [2.05, 4.69) is 10.6 Å². The molecule has 9 heteroatoms. The predicted octanol–water partition coefficient (Wildman–Crippen LogP) is 0.567. The summed E-state index contributed by atoms with van der Waals surface area (Å²) in [6, 6.07) is 7.92. The molecule has 2 N–H and O–H groups in total. The van der Waals surface area contributed by atoms with Crippen molar-refractivity contribution in [3.05, 3.63) is 35.9 Å². The van der Waals surface area contributed by atoms with Crippen molar-refractivity contribution in [3.63, 3.8) is 0 Å². The highest BCUT2D eigenvalue weighted by Crippen LogP contribution is 2.16. The zero-order valence-corrected chi connectivity index (χ0v) is 16.7. The van der Waals surface area contributed by atoms with Crippen LogP contribution in [0.25, 0.3) is 0 Å². The highest BCUT2D eigenvalue weighted by molar-refractivity contribution is 6.06. The number of nitrogens with zero attached hydrogens (tertiary/aromatic N) is 1. The first-order valence-corrected chi connectivity index (χ1v) is 9.23. The van der Waals surface area contributed by atoms with Crippen molar-refractivity contribution < 1.29 is 28.7 Å². The fraction of sp³-hybridized carbons (Fsp3) is 0.450. The molecule has 1 aliphatic rings. The minimum atomic E-state index is -1.01. The third-order valence-electron chi connectivity index (χ3n) is 4.46. The minimum Gasteiger partial charge on any atom is -0.456 e. The SMILES string of the molecule is CC(=O)[C@H](Cc1ccccc1)NC(=O)COC(=O)CCN1C(=O)NC(C)(C)C1=O. The van der Waals surface area contributed by atoms with Gasteiger partial charge in [-0.15, -0.1) is 0 Å². The summed E-state index contributed by atoms with van der Waals surface area (Å²) in [7, 11) is 0. The number of carbonyl (C=O) groups is 5. The summed E-state index contributed by atoms with van der Waals surface area (Å²) < 4.78 is 4.88. The summed E-state index contributed by atoms with van der Waals surface area (Å²) in [5.74, 6) is -1.98. The molecule has 9 nitrogen and oxygen atoms in total. The molecule has 1 aliphatic heterocycles. The van der Waals surface area contributed by atoms with Crippen molar-refractivity contribution in [1.82, 2.24) is 15.5 Å². The van der Waals surface area contributed by atoms with Crippen molar-refractivity contribution in [1.29, 1.82) is 0 Å². The van der Waals surface area contributed by atoms with E-state index in [0.29, 0.717) is 6.42 Å². The molecule has 1 heterocycles. The molecule has 29 heavy (non-hydrogen) atoms. The molecule has 1 saturated heterocycles. The van der Waals surface area contributed by atoms with E-state index < -0.39 is 42.0 Å². The lowest BCUT2D eigenvalue weighted by molar-refractivity contribution is -0.149. The van der Waals surface area contributed by atoms with E-state index in [1.165, 1.54) is 6.92 Å². The normalized spacial score (nSPS) is 16.2. The monoisotopic (exact) mass is 403 g/mol. The molecule has 0 spiro atoms. The van der Waals surface area contributed by atoms with E-state index in [1.54, 1.807) is 13.8 Å². The summed E-state index contributed by atoms with van der Waals surface area (Å²) in [5.41, 5.74) is -0.122. The fourth-order valence-corrected chi connectivity index (χ4v) is 2.82. The van der Waals surface area contributed by atoms with Crippen molar-refractivity contribution in [2.75, 3.05) is 13.2 Å². The van der Waals surface area contributed by atoms with E-state index in [1.807, 2.05) is 30.3 Å². The number of benzene rings is 1. The topological polar surface area (TPSA) is 122 Å². The number of amides is 4. The Morgan fingerprint density at radius 1 is 1.17 bits per heavy atom. The minimum absolute atomic E-state index is 0.140. The smallest absolute Gasteiger partial charge is 0.325 e. The lowest BCUT2D eigenvalue weighted by Crippen LogP contribution is -2.43. The summed E-state index contributed by atoms with van der Waals surface area (Å²) in [5, 5.41) is 5.06. The molecule has 1 aromatic rings. The molecule has 0 unspecified atom stereocenters. The van der Waals surface area contributed by atoms with Crippen LogP contribution in [0.5, 0.6) is 0 Å². The second-order valence-electron chi connectivity index (χ2n) is 7.34. The zero-order chi connectivity index (χ0) is 21.6. The highest BCUT2D eigenvalue weighted by atomic mass is 16.5. The van der Waals surface area contributed by atoms with E-state index in [-0.39, 0.29) is 18.7 Å². The second kappa shape index (κ2) is 9.31. The van der Waals surface area contributed by atoms with Gasteiger partial charge >= 0.3 is 12.0 Å². The first-order valence-electron chi connectivity index (χ1n) is 9.23. The van der Waals surface area contributed by atoms with Crippen LogP contribution >= 0.6 is 0 Å². The number of ether oxygens (including phenoxy) is 1. The molecule has 2 rings (SSSR count). The lowest BCUT2D eigenvalue weighted by atomic mass is 10.0. The van der Waals surface area contributed by atoms with Crippen molar-refractivity contribution in [2.45, 2.75) is 45.2 Å². The van der Waals surface area contributed by atoms with Crippen LogP contribution in [0.15, 0.2) is 30.3 Å². The van der Waals surface area contributed by atoms with Crippen LogP contribution in [-0.2, 0) is 30.3 Å². The van der Waals surface area contributed by atoms with Gasteiger partial charge in [0.05, 0.1) is 12.5 Å². The summed E-state index contributed by atoms with van der Waals surface area (Å²) >= 11 is 0. The first-order chi connectivity index (χ1) is 13.6. The third-order valence-corrected chi connectivity index (χ3v) is 4.46. The average molecular weight is 403 g/mol. The quantitative estimate of drug-likeness (QED) is 0.459. The molecule has 0 radical (unpaired) electrons. The average Bonchev–Trinajstić information content (AvgIpc) is 2.85. The summed E-state index contributed by atoms with van der Waals surface area (Å²) in [6.45, 7) is 3.81. The molecule has 0 saturated carbocycles. The molecule has 0 aliphatic carbocycles. The molecular formula is C20H25N3O6. The Morgan fingerprint density at radius 2 is 1.83 bits per heavy atom. The number of esters is 1. The van der Waals surface area contributed by atoms with Crippen LogP contribution in [-0.4, -0.2) is 59.2 Å². The molecular weight excluding hydrogens is 378 g/mol. The Bertz CT molecular complexity index is 806. The van der Waals surface area contributed by atoms with Gasteiger partial charge in [0, 0.05) is 6.54 Å². The number of hydrogen-bond donors (Lipinski definition) is 2. The first kappa shape index (κ1) is 22.1. The van der Waals surface area contributed by atoms with Gasteiger partial charge in [0.1, 0.15) is 5.54 Å². The van der Waals surface area contributed by atoms with Gasteiger partial charge in [0.2, 0.25) is 0 Å². The Kier molecular flexibility index (Phi) is 7.08. The van der Waals surface area contributed by atoms with Crippen LogP contribution < -0.4 is 10.6 Å². The van der Waals surface area contributed by atoms with Gasteiger partial charge in [-0.3, -0.25) is 24.1 Å². The van der Waals surface area contributed by atoms with E-state index >= 15 is 0 Å². The number of urea groups is 1. The van der Waals surface area contributed by atoms with Gasteiger partial charge in [-0.2, -0.15) is 0 Å². The molecule has 0 bridgehead atoms. The molecule has 1 aromatic carbocycles. The molecule has 156 valence electrons. The maximum Gasteiger partial charge on any atom is 0.325 e. The van der Waals surface area contributed by atoms with Gasteiger partial charge in [0.25, 0.3) is 11.8 Å². The van der Waals surface area contributed by atoms with Crippen molar-refractivity contribution in [2.24, 2.45) is 0 Å². The van der Waals surface area contributed by atoms with Crippen LogP contribution in [0.3, 0.4) is 0 Å². The maximum absolute atomic E-state index is 12.0. The van der Waals surface area contributed by atoms with Gasteiger partial charge < -0.3 is 15.4 Å². The number of Topliss-reactive ketones (excluding diaryl/α,β-unsaturated/α-hetero) is 1. The van der Waals surface area contributed by atoms with Crippen LogP contribution in [0.4, 0.5) is 4.79 Å². The van der Waals surface area contributed by atoms with E-state index in [0.717, 1.165) is 10.5 Å². The Balaban J connectivity index is 1.77. The molecule has 4 amide bonds. The van der Waals surface area contributed by atoms with Crippen LogP contribution in [0, 0.1) is 0 Å². The van der Waals surface area contributed by atoms with Gasteiger partial charge in [-0.1, -0.05) is 30.3 Å². The number of nitrogens with one attached hydrogen (secondary N) is 2. The van der Waals surface area contributed by atoms with Gasteiger partial charge in [-0.25, -0.2) is 4.79 Å². The fourth-order valence-electron chi connectivity index (χ4n) is 2.82. The number of imide groups is 1. The third kappa shape index (κ3) is 6.13. The number of hydrogen-bond acceptors (Lipinski definition) is 6. The Labute approximate surface area is 168 Å². The van der Waals surface area contributed by atoms with Crippen molar-refractivity contribution in [3.8, 4) is 0 Å². The Hall–Kier alpha value is -3.23. The molecule has 0 aromatic heterocycles. The number of carbonyl (C=O) groups excluding carboxylic acids is 5. The standard InChI is InChI=1S/C20H25N3O6/c1-13(24)15(11-14-7-5-4-6-8-14)21-16(25)12-29-17(26)9-10-23-18(27)20(2,3)22-19(23)28/h4-8,15H,9-12H2,1-3H3,(H,21,25)(H,22,28)/t15-/m0/s1. The van der Waals surface area contributed by atoms with Gasteiger partial charge in [-0.05, 0) is 32.8 Å². The zero-order valence-electron chi connectivity index (χ0n) is 16.7. The van der Waals surface area contributed by atoms with Crippen LogP contribution in [0.1, 0.15) is 32.8 Å². The predicted molar refractivity (Wildman–Crippen MR) is 103 cm³/mol. The number of ketones is 1. The highest BCUT2D eigenvalue weighted by Gasteiger charge is 2.44. The van der Waals surface area contributed by atoms with Crippen molar-refractivity contribution >= 4 is 29.6 Å². The lowest BCUT2D eigenvalue weighted by Gasteiger charge is -2.17. The largest absolute Gasteiger partial charge is 0.456 e. The summed E-state index contributed by atoms with van der Waals surface area (Å²) in [6.07, 6.45) is 0.0977. The molecule has 1 fully saturated rings. The van der Waals surface area contributed by atoms with E-state index in [4.69, 9.17) is 4.74 Å². The molecule has 1 atom stereocenters. The second-order valence-corrected chi connectivity index (χ2v) is 7.34. The number of rotatable bonds is 9. The summed E-state index contributed by atoms with van der Waals surface area (Å²) in [4.78, 5) is 60.4. The van der Waals surface area contributed by atoms with Gasteiger partial charge in [0.15, 0.2) is 12.4 Å². The van der Waals surface area contributed by atoms with Crippen LogP contribution in [0.2, 0.25) is 0 Å². The Morgan fingerprint density at radius 3 is 2.38 bits per heavy atom. The maximum atomic E-state index is 12.0. The van der Waals surface area contributed by atoms with E-state index in [9.17, 15) is 24.0 Å².